The van der Waals surface area contributed by atoms with Crippen molar-refractivity contribution in [1.29, 1.82) is 0 Å². The molecule has 0 aliphatic carbocycles. The normalized spacial score (nSPS) is 18.7. The van der Waals surface area contributed by atoms with Crippen molar-refractivity contribution in [2.24, 2.45) is 5.92 Å². The van der Waals surface area contributed by atoms with E-state index in [1.54, 1.807) is 6.92 Å². The van der Waals surface area contributed by atoms with E-state index in [2.05, 4.69) is 5.32 Å². The van der Waals surface area contributed by atoms with Gasteiger partial charge >= 0.3 is 5.97 Å². The van der Waals surface area contributed by atoms with Crippen molar-refractivity contribution in [2.45, 2.75) is 26.0 Å². The lowest BCUT2D eigenvalue weighted by Gasteiger charge is -2.16. The number of carbonyl (C=O) groups excluding carboxylic acids is 2. The Morgan fingerprint density at radius 1 is 1.07 bits per heavy atom. The molecular formula is C21H23NO5. The average Bonchev–Trinajstić information content (AvgIpc) is 3.18. The maximum Gasteiger partial charge on any atom is 0.336 e. The molecule has 0 saturated carbocycles. The minimum atomic E-state index is -0.813. The predicted octanol–water partition coefficient (Wildman–Crippen LogP) is 3.06. The third-order valence-electron chi connectivity index (χ3n) is 4.32. The Balaban J connectivity index is 1.52. The Morgan fingerprint density at radius 2 is 1.78 bits per heavy atom. The smallest absolute Gasteiger partial charge is 0.336 e. The van der Waals surface area contributed by atoms with Gasteiger partial charge in [0.25, 0.3) is 0 Å². The molecule has 0 unspecified atom stereocenters. The molecule has 1 aliphatic rings. The van der Waals surface area contributed by atoms with Crippen molar-refractivity contribution < 1.29 is 23.8 Å². The van der Waals surface area contributed by atoms with Gasteiger partial charge in [-0.3, -0.25) is 4.79 Å². The second kappa shape index (κ2) is 9.19. The van der Waals surface area contributed by atoms with Gasteiger partial charge in [-0.25, -0.2) is 4.79 Å². The molecule has 2 aromatic carbocycles. The van der Waals surface area contributed by atoms with E-state index in [1.165, 1.54) is 0 Å². The van der Waals surface area contributed by atoms with Crippen LogP contribution in [0.4, 0.5) is 0 Å². The molecule has 27 heavy (non-hydrogen) atoms. The van der Waals surface area contributed by atoms with Crippen molar-refractivity contribution >= 4 is 11.9 Å². The summed E-state index contributed by atoms with van der Waals surface area (Å²) < 4.78 is 16.1. The first kappa shape index (κ1) is 18.9. The van der Waals surface area contributed by atoms with Gasteiger partial charge in [0, 0.05) is 13.2 Å². The number of nitrogens with one attached hydrogen (secondary N) is 1. The van der Waals surface area contributed by atoms with Crippen molar-refractivity contribution in [2.75, 3.05) is 13.2 Å². The third kappa shape index (κ3) is 5.08. The highest BCUT2D eigenvalue weighted by Crippen LogP contribution is 2.23. The summed E-state index contributed by atoms with van der Waals surface area (Å²) in [6.07, 6.45) is -0.300. The minimum Gasteiger partial charge on any atom is -0.464 e. The molecule has 0 aromatic heterocycles. The van der Waals surface area contributed by atoms with E-state index < -0.39 is 18.0 Å². The second-order valence-electron chi connectivity index (χ2n) is 6.22. The molecular weight excluding hydrogens is 346 g/mol. The van der Waals surface area contributed by atoms with E-state index in [1.807, 2.05) is 54.6 Å². The molecule has 1 aliphatic heterocycles. The Morgan fingerprint density at radius 3 is 2.48 bits per heavy atom. The Bertz CT molecular complexity index is 760. The molecule has 1 fully saturated rings. The number of amides is 1. The van der Waals surface area contributed by atoms with Crippen molar-refractivity contribution in [3.63, 3.8) is 0 Å². The number of hydrogen-bond donors (Lipinski definition) is 1. The molecule has 1 amide bonds. The lowest BCUT2D eigenvalue weighted by atomic mass is 10.0. The topological polar surface area (TPSA) is 73.9 Å². The molecule has 6 nitrogen and oxygen atoms in total. The second-order valence-corrected chi connectivity index (χ2v) is 6.22. The maximum absolute atomic E-state index is 12.4. The molecule has 0 bridgehead atoms. The first-order valence-corrected chi connectivity index (χ1v) is 9.05. The summed E-state index contributed by atoms with van der Waals surface area (Å²) in [5.41, 5.74) is 0.940. The minimum absolute atomic E-state index is 0.199. The van der Waals surface area contributed by atoms with Gasteiger partial charge in [0.15, 0.2) is 6.10 Å². The monoisotopic (exact) mass is 369 g/mol. The number of benzene rings is 2. The zero-order valence-electron chi connectivity index (χ0n) is 15.2. The van der Waals surface area contributed by atoms with Gasteiger partial charge in [-0.1, -0.05) is 30.3 Å². The standard InChI is InChI=1S/C21H23NO5/c1-2-25-21(24)19-18(12-13-26-19)20(23)22-14-15-8-10-17(11-9-15)27-16-6-4-3-5-7-16/h3-11,18-19H,2,12-14H2,1H3,(H,22,23)/t18-,19+/m1/s1. The quantitative estimate of drug-likeness (QED) is 0.760. The van der Waals surface area contributed by atoms with Gasteiger partial charge < -0.3 is 19.5 Å². The van der Waals surface area contributed by atoms with Gasteiger partial charge in [0.05, 0.1) is 12.5 Å². The Labute approximate surface area is 158 Å². The van der Waals surface area contributed by atoms with Gasteiger partial charge in [0.1, 0.15) is 11.5 Å². The molecule has 1 heterocycles. The van der Waals surface area contributed by atoms with Crippen LogP contribution in [-0.2, 0) is 25.6 Å². The molecule has 2 aromatic rings. The molecule has 2 atom stereocenters. The van der Waals surface area contributed by atoms with Gasteiger partial charge in [0.2, 0.25) is 5.91 Å². The van der Waals surface area contributed by atoms with Crippen LogP contribution in [0.15, 0.2) is 54.6 Å². The summed E-state index contributed by atoms with van der Waals surface area (Å²) in [7, 11) is 0. The van der Waals surface area contributed by atoms with Gasteiger partial charge in [-0.05, 0) is 43.2 Å². The van der Waals surface area contributed by atoms with Crippen LogP contribution in [-0.4, -0.2) is 31.2 Å². The highest BCUT2D eigenvalue weighted by atomic mass is 16.6. The van der Waals surface area contributed by atoms with E-state index >= 15 is 0 Å². The number of hydrogen-bond acceptors (Lipinski definition) is 5. The van der Waals surface area contributed by atoms with Crippen LogP contribution in [0.3, 0.4) is 0 Å². The predicted molar refractivity (Wildman–Crippen MR) is 99.3 cm³/mol. The van der Waals surface area contributed by atoms with Crippen LogP contribution >= 0.6 is 0 Å². The van der Waals surface area contributed by atoms with Crippen LogP contribution in [0.5, 0.6) is 11.5 Å². The van der Waals surface area contributed by atoms with E-state index in [9.17, 15) is 9.59 Å². The highest BCUT2D eigenvalue weighted by molar-refractivity contribution is 5.87. The fourth-order valence-electron chi connectivity index (χ4n) is 2.94. The fourth-order valence-corrected chi connectivity index (χ4v) is 2.94. The molecule has 3 rings (SSSR count). The average molecular weight is 369 g/mol. The van der Waals surface area contributed by atoms with E-state index in [-0.39, 0.29) is 12.5 Å². The van der Waals surface area contributed by atoms with Crippen LogP contribution in [0, 0.1) is 5.92 Å². The lowest BCUT2D eigenvalue weighted by Crippen LogP contribution is -2.39. The molecule has 1 saturated heterocycles. The van der Waals surface area contributed by atoms with Gasteiger partial charge in [-0.2, -0.15) is 0 Å². The summed E-state index contributed by atoms with van der Waals surface area (Å²) >= 11 is 0. The number of ether oxygens (including phenoxy) is 3. The van der Waals surface area contributed by atoms with Gasteiger partial charge in [-0.15, -0.1) is 0 Å². The largest absolute Gasteiger partial charge is 0.464 e. The third-order valence-corrected chi connectivity index (χ3v) is 4.32. The molecule has 6 heteroatoms. The Hall–Kier alpha value is -2.86. The van der Waals surface area contributed by atoms with Crippen molar-refractivity contribution in [3.8, 4) is 11.5 Å². The number of esters is 1. The zero-order chi connectivity index (χ0) is 19.1. The molecule has 0 radical (unpaired) electrons. The first-order valence-electron chi connectivity index (χ1n) is 9.05. The van der Waals surface area contributed by atoms with Crippen LogP contribution in [0.25, 0.3) is 0 Å². The maximum atomic E-state index is 12.4. The molecule has 142 valence electrons. The lowest BCUT2D eigenvalue weighted by molar-refractivity contribution is -0.157. The number of carbonyl (C=O) groups is 2. The van der Waals surface area contributed by atoms with E-state index in [0.29, 0.717) is 19.6 Å². The van der Waals surface area contributed by atoms with Crippen LogP contribution in [0.1, 0.15) is 18.9 Å². The summed E-state index contributed by atoms with van der Waals surface area (Å²) in [6.45, 7) is 2.75. The number of rotatable bonds is 7. The van der Waals surface area contributed by atoms with Crippen molar-refractivity contribution in [1.82, 2.24) is 5.32 Å². The first-order chi connectivity index (χ1) is 13.2. The van der Waals surface area contributed by atoms with Crippen LogP contribution in [0.2, 0.25) is 0 Å². The highest BCUT2D eigenvalue weighted by Gasteiger charge is 2.39. The van der Waals surface area contributed by atoms with E-state index in [0.717, 1.165) is 17.1 Å². The van der Waals surface area contributed by atoms with Crippen LogP contribution < -0.4 is 10.1 Å². The Kier molecular flexibility index (Phi) is 6.44. The number of para-hydroxylation sites is 1. The van der Waals surface area contributed by atoms with Crippen molar-refractivity contribution in [3.05, 3.63) is 60.2 Å². The summed E-state index contributed by atoms with van der Waals surface area (Å²) in [6, 6.07) is 17.0. The van der Waals surface area contributed by atoms with E-state index in [4.69, 9.17) is 14.2 Å². The SMILES string of the molecule is CCOC(=O)[C@H]1OCC[C@H]1C(=O)NCc1ccc(Oc2ccccc2)cc1. The summed E-state index contributed by atoms with van der Waals surface area (Å²) in [5, 5.41) is 2.87. The molecule has 0 spiro atoms. The fraction of sp³-hybridized carbons (Fsp3) is 0.333. The summed E-state index contributed by atoms with van der Waals surface area (Å²) in [4.78, 5) is 24.3. The summed E-state index contributed by atoms with van der Waals surface area (Å²) in [5.74, 6) is 0.310. The zero-order valence-corrected chi connectivity index (χ0v) is 15.2. The molecule has 1 N–H and O–H groups in total.